The van der Waals surface area contributed by atoms with E-state index in [0.29, 0.717) is 0 Å². The van der Waals surface area contributed by atoms with E-state index < -0.39 is 5.82 Å². The molecule has 78 valence electrons. The summed E-state index contributed by atoms with van der Waals surface area (Å²) >= 11 is 0. The van der Waals surface area contributed by atoms with Crippen molar-refractivity contribution in [2.24, 2.45) is 0 Å². The van der Waals surface area contributed by atoms with E-state index >= 15 is 0 Å². The number of aromatic nitrogens is 2. The summed E-state index contributed by atoms with van der Waals surface area (Å²) < 4.78 is 14.7. The van der Waals surface area contributed by atoms with Crippen LogP contribution in [0.25, 0.3) is 5.65 Å². The fourth-order valence-corrected chi connectivity index (χ4v) is 1.36. The minimum atomic E-state index is -0.430. The largest absolute Gasteiger partial charge is 0.313 e. The summed E-state index contributed by atoms with van der Waals surface area (Å²) in [5.41, 5.74) is 0.450. The van der Waals surface area contributed by atoms with Gasteiger partial charge in [0.1, 0.15) is 5.69 Å². The van der Waals surface area contributed by atoms with Crippen LogP contribution in [0.4, 0.5) is 4.39 Å². The van der Waals surface area contributed by atoms with Crippen LogP contribution in [0.2, 0.25) is 0 Å². The van der Waals surface area contributed by atoms with Crippen molar-refractivity contribution in [1.82, 2.24) is 14.7 Å². The van der Waals surface area contributed by atoms with Gasteiger partial charge in [0.15, 0.2) is 17.2 Å². The van der Waals surface area contributed by atoms with Crippen molar-refractivity contribution in [3.8, 4) is 0 Å². The quantitative estimate of drug-likeness (QED) is 0.760. The van der Waals surface area contributed by atoms with Gasteiger partial charge in [0.2, 0.25) is 0 Å². The molecule has 0 fully saturated rings. The number of pyridine rings is 1. The van der Waals surface area contributed by atoms with Crippen LogP contribution in [0.5, 0.6) is 0 Å². The van der Waals surface area contributed by atoms with E-state index in [1.165, 1.54) is 16.7 Å². The molecule has 0 radical (unpaired) electrons. The van der Waals surface area contributed by atoms with E-state index in [-0.39, 0.29) is 23.7 Å². The molecule has 2 heterocycles. The average molecular weight is 207 g/mol. The van der Waals surface area contributed by atoms with Gasteiger partial charge in [-0.2, -0.15) is 0 Å². The number of carbonyl (C=O) groups excluding carboxylic acids is 1. The third-order valence-corrected chi connectivity index (χ3v) is 2.06. The third kappa shape index (κ3) is 1.73. The molecule has 15 heavy (non-hydrogen) atoms. The Kier molecular flexibility index (Phi) is 2.47. The number of likely N-dealkylation sites (N-methyl/N-ethyl adjacent to an activating group) is 1. The van der Waals surface area contributed by atoms with Crippen LogP contribution in [0.1, 0.15) is 10.5 Å². The molecule has 5 heteroatoms. The standard InChI is InChI=1S/C10H10FN3O/c1-12-5-9(15)8-6-14-4-2-3-7(11)10(14)13-8/h2-4,6,12H,5H2,1H3. The number of nitrogens with zero attached hydrogens (tertiary/aromatic N) is 2. The van der Waals surface area contributed by atoms with Gasteiger partial charge >= 0.3 is 0 Å². The Hall–Kier alpha value is -1.75. The van der Waals surface area contributed by atoms with Crippen LogP contribution in [0.3, 0.4) is 0 Å². The number of rotatable bonds is 3. The van der Waals surface area contributed by atoms with Crippen LogP contribution >= 0.6 is 0 Å². The fourth-order valence-electron chi connectivity index (χ4n) is 1.36. The maximum Gasteiger partial charge on any atom is 0.196 e. The van der Waals surface area contributed by atoms with Gasteiger partial charge in [-0.15, -0.1) is 0 Å². The lowest BCUT2D eigenvalue weighted by Crippen LogP contribution is -2.18. The number of halogens is 1. The molecule has 0 bridgehead atoms. The van der Waals surface area contributed by atoms with Gasteiger partial charge < -0.3 is 9.72 Å². The number of hydrogen-bond acceptors (Lipinski definition) is 3. The van der Waals surface area contributed by atoms with E-state index in [2.05, 4.69) is 10.3 Å². The van der Waals surface area contributed by atoms with Crippen molar-refractivity contribution < 1.29 is 9.18 Å². The minimum absolute atomic E-state index is 0.152. The number of Topliss-reactive ketones (excluding diaryl/α,β-unsaturated/α-hetero) is 1. The Labute approximate surface area is 85.7 Å². The molecule has 0 aliphatic rings. The van der Waals surface area contributed by atoms with Crippen molar-refractivity contribution >= 4 is 11.4 Å². The SMILES string of the molecule is CNCC(=O)c1cn2cccc(F)c2n1. The van der Waals surface area contributed by atoms with Crippen molar-refractivity contribution in [2.75, 3.05) is 13.6 Å². The first-order valence-corrected chi connectivity index (χ1v) is 4.53. The van der Waals surface area contributed by atoms with Crippen LogP contribution in [-0.4, -0.2) is 28.8 Å². The average Bonchev–Trinajstić information content (AvgIpc) is 2.63. The van der Waals surface area contributed by atoms with Gasteiger partial charge in [0.25, 0.3) is 0 Å². The number of nitrogens with one attached hydrogen (secondary N) is 1. The minimum Gasteiger partial charge on any atom is -0.313 e. The van der Waals surface area contributed by atoms with Crippen LogP contribution in [-0.2, 0) is 0 Å². The highest BCUT2D eigenvalue weighted by atomic mass is 19.1. The fraction of sp³-hybridized carbons (Fsp3) is 0.200. The van der Waals surface area contributed by atoms with E-state index in [9.17, 15) is 9.18 Å². The smallest absolute Gasteiger partial charge is 0.196 e. The maximum atomic E-state index is 13.2. The second kappa shape index (κ2) is 3.78. The zero-order valence-corrected chi connectivity index (χ0v) is 8.20. The second-order valence-electron chi connectivity index (χ2n) is 3.17. The highest BCUT2D eigenvalue weighted by molar-refractivity contribution is 5.96. The van der Waals surface area contributed by atoms with Gasteiger partial charge in [0.05, 0.1) is 6.54 Å². The van der Waals surface area contributed by atoms with Gasteiger partial charge in [-0.3, -0.25) is 4.79 Å². The van der Waals surface area contributed by atoms with Crippen molar-refractivity contribution in [3.05, 3.63) is 36.0 Å². The molecule has 0 aliphatic heterocycles. The van der Waals surface area contributed by atoms with Crippen LogP contribution < -0.4 is 5.32 Å². The molecular formula is C10H10FN3O. The summed E-state index contributed by atoms with van der Waals surface area (Å²) in [5.74, 6) is -0.582. The summed E-state index contributed by atoms with van der Waals surface area (Å²) in [7, 11) is 1.67. The van der Waals surface area contributed by atoms with Crippen LogP contribution in [0, 0.1) is 5.82 Å². The van der Waals surface area contributed by atoms with Crippen LogP contribution in [0.15, 0.2) is 24.5 Å². The molecule has 0 aromatic carbocycles. The van der Waals surface area contributed by atoms with Crippen molar-refractivity contribution in [2.45, 2.75) is 0 Å². The Balaban J connectivity index is 2.47. The lowest BCUT2D eigenvalue weighted by Gasteiger charge is -1.92. The molecule has 0 saturated heterocycles. The Bertz CT molecular complexity index is 506. The summed E-state index contributed by atoms with van der Waals surface area (Å²) in [4.78, 5) is 15.4. The van der Waals surface area contributed by atoms with E-state index in [1.807, 2.05) is 0 Å². The molecule has 2 aromatic rings. The third-order valence-electron chi connectivity index (χ3n) is 2.06. The van der Waals surface area contributed by atoms with E-state index in [0.717, 1.165) is 0 Å². The normalized spacial score (nSPS) is 10.8. The van der Waals surface area contributed by atoms with Gasteiger partial charge in [0, 0.05) is 12.4 Å². The maximum absolute atomic E-state index is 13.2. The molecule has 0 atom stereocenters. The first-order valence-electron chi connectivity index (χ1n) is 4.53. The Morgan fingerprint density at radius 2 is 2.47 bits per heavy atom. The zero-order chi connectivity index (χ0) is 10.8. The lowest BCUT2D eigenvalue weighted by atomic mass is 10.3. The number of hydrogen-bond donors (Lipinski definition) is 1. The highest BCUT2D eigenvalue weighted by Gasteiger charge is 2.11. The summed E-state index contributed by atoms with van der Waals surface area (Å²) in [6.07, 6.45) is 3.18. The van der Waals surface area contributed by atoms with Gasteiger partial charge in [-0.1, -0.05) is 0 Å². The molecule has 0 aliphatic carbocycles. The van der Waals surface area contributed by atoms with Crippen molar-refractivity contribution in [1.29, 1.82) is 0 Å². The molecular weight excluding hydrogens is 197 g/mol. The molecule has 4 nitrogen and oxygen atoms in total. The highest BCUT2D eigenvalue weighted by Crippen LogP contribution is 2.09. The molecule has 0 saturated carbocycles. The monoisotopic (exact) mass is 207 g/mol. The van der Waals surface area contributed by atoms with E-state index in [1.54, 1.807) is 19.3 Å². The van der Waals surface area contributed by atoms with Gasteiger partial charge in [-0.25, -0.2) is 9.37 Å². The number of carbonyl (C=O) groups is 1. The summed E-state index contributed by atoms with van der Waals surface area (Å²) in [6, 6.07) is 2.88. The Morgan fingerprint density at radius 3 is 3.13 bits per heavy atom. The first kappa shape index (κ1) is 9.79. The molecule has 0 amide bonds. The number of fused-ring (bicyclic) bond motifs is 1. The number of imidazole rings is 1. The summed E-state index contributed by atoms with van der Waals surface area (Å²) in [5, 5.41) is 2.73. The molecule has 2 aromatic heterocycles. The molecule has 1 N–H and O–H groups in total. The van der Waals surface area contributed by atoms with Gasteiger partial charge in [-0.05, 0) is 19.2 Å². The molecule has 0 unspecified atom stereocenters. The molecule has 2 rings (SSSR count). The predicted molar refractivity (Wildman–Crippen MR) is 53.4 cm³/mol. The molecule has 0 spiro atoms. The first-order chi connectivity index (χ1) is 7.22. The number of ketones is 1. The second-order valence-corrected chi connectivity index (χ2v) is 3.17. The predicted octanol–water partition coefficient (Wildman–Crippen LogP) is 0.876. The zero-order valence-electron chi connectivity index (χ0n) is 8.20. The lowest BCUT2D eigenvalue weighted by molar-refractivity contribution is 0.0989. The Morgan fingerprint density at radius 1 is 1.67 bits per heavy atom. The topological polar surface area (TPSA) is 46.4 Å². The van der Waals surface area contributed by atoms with Crippen molar-refractivity contribution in [3.63, 3.8) is 0 Å². The summed E-state index contributed by atoms with van der Waals surface area (Å²) in [6.45, 7) is 0.200. The van der Waals surface area contributed by atoms with E-state index in [4.69, 9.17) is 0 Å².